The summed E-state index contributed by atoms with van der Waals surface area (Å²) < 4.78 is 9.68. The third-order valence-electron chi connectivity index (χ3n) is 2.82. The molecule has 0 fully saturated rings. The molecule has 0 amide bonds. The van der Waals surface area contributed by atoms with E-state index in [-0.39, 0.29) is 22.9 Å². The first-order valence-electron chi connectivity index (χ1n) is 6.40. The maximum atomic E-state index is 12.0. The Morgan fingerprint density at radius 3 is 2.05 bits per heavy atom. The number of ketones is 1. The van der Waals surface area contributed by atoms with Gasteiger partial charge in [0.1, 0.15) is 17.1 Å². The Morgan fingerprint density at radius 1 is 0.909 bits per heavy atom. The molecule has 0 aliphatic rings. The second-order valence-corrected chi connectivity index (χ2v) is 4.37. The molecule has 0 atom stereocenters. The fourth-order valence-electron chi connectivity index (χ4n) is 1.68. The smallest absolute Gasteiger partial charge is 0.362 e. The summed E-state index contributed by atoms with van der Waals surface area (Å²) >= 11 is 0. The normalized spacial score (nSPS) is 9.91. The van der Waals surface area contributed by atoms with Gasteiger partial charge in [-0.25, -0.2) is 14.6 Å². The molecule has 112 valence electrons. The monoisotopic (exact) mass is 299 g/mol. The number of carbonyl (C=O) groups excluding carboxylic acids is 3. The summed E-state index contributed by atoms with van der Waals surface area (Å²) in [6, 6.07) is 10.5. The fourth-order valence-corrected chi connectivity index (χ4v) is 1.68. The Labute approximate surface area is 126 Å². The van der Waals surface area contributed by atoms with Gasteiger partial charge < -0.3 is 9.47 Å². The van der Waals surface area contributed by atoms with E-state index in [0.717, 1.165) is 0 Å². The van der Waals surface area contributed by atoms with Crippen LogP contribution in [0.4, 0.5) is 0 Å². The van der Waals surface area contributed by atoms with Gasteiger partial charge in [-0.3, -0.25) is 4.79 Å². The topological polar surface area (TPSA) is 82.6 Å². The van der Waals surface area contributed by atoms with E-state index in [1.54, 1.807) is 12.1 Å². The predicted octanol–water partition coefficient (Wildman–Crippen LogP) is 2.29. The van der Waals surface area contributed by atoms with Gasteiger partial charge >= 0.3 is 11.9 Å². The first-order chi connectivity index (χ1) is 10.5. The molecule has 1 aromatic heterocycles. The van der Waals surface area contributed by atoms with Crippen LogP contribution < -0.4 is 4.74 Å². The molecule has 6 heteroatoms. The zero-order valence-corrected chi connectivity index (χ0v) is 12.0. The lowest BCUT2D eigenvalue weighted by molar-refractivity contribution is 0.0593. The van der Waals surface area contributed by atoms with E-state index in [4.69, 9.17) is 4.74 Å². The number of ether oxygens (including phenoxy) is 2. The molecule has 2 aromatic rings. The van der Waals surface area contributed by atoms with Gasteiger partial charge in [0.25, 0.3) is 0 Å². The SMILES string of the molecule is COC(=O)c1cccc(C(=O)Oc2ccc(C(C)=O)cc2)n1. The van der Waals surface area contributed by atoms with E-state index in [0.29, 0.717) is 5.56 Å². The summed E-state index contributed by atoms with van der Waals surface area (Å²) in [5.74, 6) is -1.15. The molecule has 0 bridgehead atoms. The van der Waals surface area contributed by atoms with Gasteiger partial charge in [-0.15, -0.1) is 0 Å². The highest BCUT2D eigenvalue weighted by molar-refractivity contribution is 5.94. The van der Waals surface area contributed by atoms with E-state index in [1.807, 2.05) is 0 Å². The number of hydrogen-bond donors (Lipinski definition) is 0. The Bertz CT molecular complexity index is 722. The van der Waals surface area contributed by atoms with Crippen molar-refractivity contribution in [2.45, 2.75) is 6.92 Å². The molecule has 1 aromatic carbocycles. The van der Waals surface area contributed by atoms with E-state index in [2.05, 4.69) is 9.72 Å². The summed E-state index contributed by atoms with van der Waals surface area (Å²) in [5.41, 5.74) is 0.521. The molecule has 0 N–H and O–H groups in total. The number of rotatable bonds is 4. The summed E-state index contributed by atoms with van der Waals surface area (Å²) in [5, 5.41) is 0. The van der Waals surface area contributed by atoms with Crippen LogP contribution in [0.1, 0.15) is 38.3 Å². The van der Waals surface area contributed by atoms with Crippen molar-refractivity contribution >= 4 is 17.7 Å². The van der Waals surface area contributed by atoms with Crippen molar-refractivity contribution in [2.24, 2.45) is 0 Å². The van der Waals surface area contributed by atoms with Gasteiger partial charge in [0.2, 0.25) is 0 Å². The lowest BCUT2D eigenvalue weighted by Gasteiger charge is -2.05. The number of carbonyl (C=O) groups is 3. The Balaban J connectivity index is 2.15. The predicted molar refractivity (Wildman–Crippen MR) is 77.0 cm³/mol. The number of pyridine rings is 1. The lowest BCUT2D eigenvalue weighted by Crippen LogP contribution is -2.13. The van der Waals surface area contributed by atoms with E-state index in [9.17, 15) is 14.4 Å². The quantitative estimate of drug-likeness (QED) is 0.489. The van der Waals surface area contributed by atoms with Crippen molar-refractivity contribution in [1.82, 2.24) is 4.98 Å². The van der Waals surface area contributed by atoms with Crippen LogP contribution in [-0.2, 0) is 4.74 Å². The zero-order valence-electron chi connectivity index (χ0n) is 12.0. The van der Waals surface area contributed by atoms with E-state index in [1.165, 1.54) is 44.4 Å². The van der Waals surface area contributed by atoms with Gasteiger partial charge in [0.15, 0.2) is 5.78 Å². The molecule has 0 saturated heterocycles. The van der Waals surface area contributed by atoms with Crippen molar-refractivity contribution in [1.29, 1.82) is 0 Å². The van der Waals surface area contributed by atoms with Gasteiger partial charge in [-0.05, 0) is 43.3 Å². The van der Waals surface area contributed by atoms with Crippen molar-refractivity contribution in [2.75, 3.05) is 7.11 Å². The summed E-state index contributed by atoms with van der Waals surface area (Å²) in [6.07, 6.45) is 0. The van der Waals surface area contributed by atoms with Gasteiger partial charge in [0.05, 0.1) is 7.11 Å². The highest BCUT2D eigenvalue weighted by Gasteiger charge is 2.14. The molecule has 22 heavy (non-hydrogen) atoms. The van der Waals surface area contributed by atoms with Crippen LogP contribution in [0.3, 0.4) is 0 Å². The third kappa shape index (κ3) is 3.54. The lowest BCUT2D eigenvalue weighted by atomic mass is 10.1. The Hall–Kier alpha value is -3.02. The minimum absolute atomic E-state index is 0.0152. The minimum atomic E-state index is -0.707. The van der Waals surface area contributed by atoms with Gasteiger partial charge in [0, 0.05) is 5.56 Å². The molecule has 0 aliphatic heterocycles. The molecule has 2 rings (SSSR count). The number of methoxy groups -OCH3 is 1. The second kappa shape index (κ2) is 6.62. The molecule has 0 saturated carbocycles. The first kappa shape index (κ1) is 15.4. The summed E-state index contributed by atoms with van der Waals surface area (Å²) in [4.78, 5) is 38.4. The van der Waals surface area contributed by atoms with Crippen LogP contribution in [0.15, 0.2) is 42.5 Å². The largest absolute Gasteiger partial charge is 0.464 e. The maximum absolute atomic E-state index is 12.0. The minimum Gasteiger partial charge on any atom is -0.464 e. The van der Waals surface area contributed by atoms with Crippen LogP contribution in [-0.4, -0.2) is 29.8 Å². The number of aromatic nitrogens is 1. The number of hydrogen-bond acceptors (Lipinski definition) is 6. The van der Waals surface area contributed by atoms with Crippen LogP contribution in [0, 0.1) is 0 Å². The fraction of sp³-hybridized carbons (Fsp3) is 0.125. The van der Waals surface area contributed by atoms with Crippen LogP contribution >= 0.6 is 0 Å². The van der Waals surface area contributed by atoms with Crippen molar-refractivity contribution < 1.29 is 23.9 Å². The van der Waals surface area contributed by atoms with Crippen LogP contribution in [0.2, 0.25) is 0 Å². The van der Waals surface area contributed by atoms with E-state index >= 15 is 0 Å². The molecular weight excluding hydrogens is 286 g/mol. The van der Waals surface area contributed by atoms with E-state index < -0.39 is 11.9 Å². The zero-order chi connectivity index (χ0) is 16.1. The Kier molecular flexibility index (Phi) is 4.63. The van der Waals surface area contributed by atoms with Crippen LogP contribution in [0.5, 0.6) is 5.75 Å². The van der Waals surface area contributed by atoms with Gasteiger partial charge in [-0.2, -0.15) is 0 Å². The molecule has 6 nitrogen and oxygen atoms in total. The first-order valence-corrected chi connectivity index (χ1v) is 6.40. The average molecular weight is 299 g/mol. The van der Waals surface area contributed by atoms with Crippen molar-refractivity contribution in [3.05, 3.63) is 59.4 Å². The summed E-state index contributed by atoms with van der Waals surface area (Å²) in [7, 11) is 1.23. The van der Waals surface area contributed by atoms with Crippen molar-refractivity contribution in [3.8, 4) is 5.75 Å². The molecule has 0 radical (unpaired) electrons. The number of Topliss-reactive ketones (excluding diaryl/α,β-unsaturated/α-hetero) is 1. The Morgan fingerprint density at radius 2 is 1.50 bits per heavy atom. The van der Waals surface area contributed by atoms with Crippen molar-refractivity contribution in [3.63, 3.8) is 0 Å². The second-order valence-electron chi connectivity index (χ2n) is 4.37. The van der Waals surface area contributed by atoms with Crippen LogP contribution in [0.25, 0.3) is 0 Å². The number of nitrogens with zero attached hydrogens (tertiary/aromatic N) is 1. The third-order valence-corrected chi connectivity index (χ3v) is 2.82. The number of esters is 2. The molecule has 1 heterocycles. The summed E-state index contributed by atoms with van der Waals surface area (Å²) in [6.45, 7) is 1.45. The molecule has 0 spiro atoms. The standard InChI is InChI=1S/C16H13NO5/c1-10(18)11-6-8-12(9-7-11)22-16(20)14-5-3-4-13(17-14)15(19)21-2/h3-9H,1-2H3. The average Bonchev–Trinajstić information content (AvgIpc) is 2.54. The maximum Gasteiger partial charge on any atom is 0.362 e. The highest BCUT2D eigenvalue weighted by atomic mass is 16.5. The van der Waals surface area contributed by atoms with Gasteiger partial charge in [-0.1, -0.05) is 6.07 Å². The molecule has 0 unspecified atom stereocenters. The highest BCUT2D eigenvalue weighted by Crippen LogP contribution is 2.14. The number of benzene rings is 1. The molecule has 0 aliphatic carbocycles. The molecular formula is C16H13NO5.